The second kappa shape index (κ2) is 11.4. The number of halogens is 2. The zero-order chi connectivity index (χ0) is 22.1. The molecule has 0 fully saturated rings. The van der Waals surface area contributed by atoms with Gasteiger partial charge in [-0.2, -0.15) is 0 Å². The Morgan fingerprint density at radius 1 is 1.00 bits per heavy atom. The number of esters is 2. The van der Waals surface area contributed by atoms with Crippen LogP contribution in [0.4, 0.5) is 4.39 Å². The molecular weight excluding hydrogens is 457 g/mol. The van der Waals surface area contributed by atoms with Crippen molar-refractivity contribution >= 4 is 34.1 Å². The Morgan fingerprint density at radius 2 is 1.50 bits per heavy atom. The van der Waals surface area contributed by atoms with E-state index in [1.54, 1.807) is 48.5 Å². The van der Waals surface area contributed by atoms with Crippen LogP contribution in [-0.2, 0) is 14.3 Å². The number of ether oxygens (including phenoxy) is 2. The summed E-state index contributed by atoms with van der Waals surface area (Å²) in [5.41, 5.74) is 2.62. The van der Waals surface area contributed by atoms with E-state index in [0.717, 1.165) is 17.3 Å². The van der Waals surface area contributed by atoms with Crippen molar-refractivity contribution in [2.45, 2.75) is 31.0 Å². The minimum atomic E-state index is -1.79. The number of hydrogen-bond donors (Lipinski definition) is 0. The highest BCUT2D eigenvalue weighted by Crippen LogP contribution is 2.19. The number of aryl methyl sites for hydroxylation is 2. The highest BCUT2D eigenvalue weighted by molar-refractivity contribution is 9.09. The van der Waals surface area contributed by atoms with Crippen molar-refractivity contribution < 1.29 is 28.3 Å². The van der Waals surface area contributed by atoms with Gasteiger partial charge in [0.05, 0.1) is 22.2 Å². The van der Waals surface area contributed by atoms with Crippen LogP contribution in [0.1, 0.15) is 31.8 Å². The SMILES string of the molecule is CON=CC(F)C(OC(=O)c1ccc(C)cc1)C(Br)COC(=O)c1ccc(C)cc1. The van der Waals surface area contributed by atoms with E-state index in [1.165, 1.54) is 7.11 Å². The molecule has 3 atom stereocenters. The van der Waals surface area contributed by atoms with Gasteiger partial charge in [0, 0.05) is 0 Å². The Hall–Kier alpha value is -2.74. The van der Waals surface area contributed by atoms with Gasteiger partial charge in [-0.1, -0.05) is 56.5 Å². The monoisotopic (exact) mass is 479 g/mol. The van der Waals surface area contributed by atoms with Crippen LogP contribution in [0.3, 0.4) is 0 Å². The number of hydrogen-bond acceptors (Lipinski definition) is 6. The molecule has 0 heterocycles. The predicted molar refractivity (Wildman–Crippen MR) is 115 cm³/mol. The Labute approximate surface area is 183 Å². The lowest BCUT2D eigenvalue weighted by atomic mass is 10.1. The van der Waals surface area contributed by atoms with Gasteiger partial charge < -0.3 is 14.3 Å². The van der Waals surface area contributed by atoms with Crippen molar-refractivity contribution in [2.75, 3.05) is 13.7 Å². The third-order valence-electron chi connectivity index (χ3n) is 4.17. The number of carbonyl (C=O) groups is 2. The van der Waals surface area contributed by atoms with Gasteiger partial charge in [-0.05, 0) is 38.1 Å². The molecule has 0 amide bonds. The standard InChI is InChI=1S/C22H23BrFNO5/c1-14-4-8-16(9-5-14)21(26)29-13-18(23)20(19(24)12-25-28-3)30-22(27)17-10-6-15(2)7-11-17/h4-12,18-20H,13H2,1-3H3. The zero-order valence-electron chi connectivity index (χ0n) is 16.9. The van der Waals surface area contributed by atoms with Crippen molar-refractivity contribution in [3.05, 3.63) is 70.8 Å². The van der Waals surface area contributed by atoms with Crippen molar-refractivity contribution in [1.82, 2.24) is 0 Å². The van der Waals surface area contributed by atoms with Crippen LogP contribution in [0.2, 0.25) is 0 Å². The van der Waals surface area contributed by atoms with E-state index < -0.39 is 29.0 Å². The number of nitrogens with zero attached hydrogens (tertiary/aromatic N) is 1. The fourth-order valence-corrected chi connectivity index (χ4v) is 2.98. The van der Waals surface area contributed by atoms with E-state index in [2.05, 4.69) is 25.9 Å². The Balaban J connectivity index is 2.07. The van der Waals surface area contributed by atoms with Gasteiger partial charge in [0.25, 0.3) is 0 Å². The topological polar surface area (TPSA) is 74.2 Å². The molecule has 0 saturated carbocycles. The second-order valence-electron chi connectivity index (χ2n) is 6.60. The van der Waals surface area contributed by atoms with Crippen molar-refractivity contribution in [2.24, 2.45) is 5.16 Å². The lowest BCUT2D eigenvalue weighted by molar-refractivity contribution is 0.00846. The lowest BCUT2D eigenvalue weighted by Crippen LogP contribution is -2.39. The molecule has 0 radical (unpaired) electrons. The molecule has 2 aromatic carbocycles. The molecule has 0 bridgehead atoms. The van der Waals surface area contributed by atoms with Crippen LogP contribution in [0, 0.1) is 13.8 Å². The maximum absolute atomic E-state index is 14.7. The number of rotatable bonds is 9. The maximum Gasteiger partial charge on any atom is 0.338 e. The zero-order valence-corrected chi connectivity index (χ0v) is 18.5. The first kappa shape index (κ1) is 23.5. The minimum absolute atomic E-state index is 0.222. The molecule has 2 aromatic rings. The number of alkyl halides is 2. The first-order chi connectivity index (χ1) is 14.3. The predicted octanol–water partition coefficient (Wildman–Crippen LogP) is 4.42. The van der Waals surface area contributed by atoms with Crippen LogP contribution < -0.4 is 0 Å². The van der Waals surface area contributed by atoms with Gasteiger partial charge in [-0.3, -0.25) is 0 Å². The van der Waals surface area contributed by atoms with E-state index in [-0.39, 0.29) is 12.2 Å². The molecule has 160 valence electrons. The molecule has 8 heteroatoms. The highest BCUT2D eigenvalue weighted by Gasteiger charge is 2.32. The molecule has 0 aliphatic carbocycles. The molecule has 0 saturated heterocycles. The first-order valence-electron chi connectivity index (χ1n) is 9.18. The summed E-state index contributed by atoms with van der Waals surface area (Å²) in [6.07, 6.45) is -2.21. The summed E-state index contributed by atoms with van der Waals surface area (Å²) < 4.78 is 25.3. The Morgan fingerprint density at radius 3 is 2.00 bits per heavy atom. The second-order valence-corrected chi connectivity index (χ2v) is 7.77. The Kier molecular flexibility index (Phi) is 8.98. The molecule has 3 unspecified atom stereocenters. The van der Waals surface area contributed by atoms with Gasteiger partial charge in [-0.15, -0.1) is 0 Å². The van der Waals surface area contributed by atoms with E-state index >= 15 is 0 Å². The fourth-order valence-electron chi connectivity index (χ4n) is 2.45. The lowest BCUT2D eigenvalue weighted by Gasteiger charge is -2.24. The minimum Gasteiger partial charge on any atom is -0.461 e. The Bertz CT molecular complexity index is 870. The molecule has 0 aromatic heterocycles. The van der Waals surface area contributed by atoms with Gasteiger partial charge in [-0.25, -0.2) is 14.0 Å². The van der Waals surface area contributed by atoms with Gasteiger partial charge in [0.2, 0.25) is 0 Å². The van der Waals surface area contributed by atoms with E-state index in [9.17, 15) is 14.0 Å². The first-order valence-corrected chi connectivity index (χ1v) is 10.1. The van der Waals surface area contributed by atoms with Gasteiger partial charge >= 0.3 is 11.9 Å². The molecule has 0 N–H and O–H groups in total. The molecule has 0 aliphatic heterocycles. The van der Waals surface area contributed by atoms with E-state index in [1.807, 2.05) is 13.8 Å². The van der Waals surface area contributed by atoms with Crippen LogP contribution in [0.15, 0.2) is 53.7 Å². The van der Waals surface area contributed by atoms with Crippen LogP contribution in [0.25, 0.3) is 0 Å². The maximum atomic E-state index is 14.7. The third-order valence-corrected chi connectivity index (χ3v) is 4.96. The van der Waals surface area contributed by atoms with Crippen molar-refractivity contribution in [3.8, 4) is 0 Å². The molecule has 2 rings (SSSR count). The average Bonchev–Trinajstić information content (AvgIpc) is 2.74. The van der Waals surface area contributed by atoms with Crippen molar-refractivity contribution in [1.29, 1.82) is 0 Å². The summed E-state index contributed by atoms with van der Waals surface area (Å²) >= 11 is 3.27. The molecule has 0 aliphatic rings. The third kappa shape index (κ3) is 6.95. The molecule has 30 heavy (non-hydrogen) atoms. The number of benzene rings is 2. The largest absolute Gasteiger partial charge is 0.461 e. The molecular formula is C22H23BrFNO5. The summed E-state index contributed by atoms with van der Waals surface area (Å²) in [5, 5.41) is 3.40. The van der Waals surface area contributed by atoms with Crippen LogP contribution >= 0.6 is 15.9 Å². The average molecular weight is 480 g/mol. The number of carbonyl (C=O) groups excluding carboxylic acids is 2. The van der Waals surface area contributed by atoms with Gasteiger partial charge in [0.15, 0.2) is 12.3 Å². The molecule has 6 nitrogen and oxygen atoms in total. The fraction of sp³-hybridized carbons (Fsp3) is 0.318. The van der Waals surface area contributed by atoms with Crippen molar-refractivity contribution in [3.63, 3.8) is 0 Å². The highest BCUT2D eigenvalue weighted by atomic mass is 79.9. The normalized spacial score (nSPS) is 14.0. The van der Waals surface area contributed by atoms with E-state index in [4.69, 9.17) is 9.47 Å². The summed E-state index contributed by atoms with van der Waals surface area (Å²) in [7, 11) is 1.27. The van der Waals surface area contributed by atoms with Gasteiger partial charge in [0.1, 0.15) is 13.7 Å². The number of oxime groups is 1. The van der Waals surface area contributed by atoms with E-state index in [0.29, 0.717) is 5.56 Å². The summed E-state index contributed by atoms with van der Waals surface area (Å²) in [6.45, 7) is 3.56. The summed E-state index contributed by atoms with van der Waals surface area (Å²) in [4.78, 5) is 28.3. The van der Waals surface area contributed by atoms with Crippen LogP contribution in [0.5, 0.6) is 0 Å². The quantitative estimate of drug-likeness (QED) is 0.230. The summed E-state index contributed by atoms with van der Waals surface area (Å²) in [6, 6.07) is 13.5. The van der Waals surface area contributed by atoms with Crippen LogP contribution in [-0.4, -0.2) is 49.0 Å². The summed E-state index contributed by atoms with van der Waals surface area (Å²) in [5.74, 6) is -1.27. The smallest absolute Gasteiger partial charge is 0.338 e. The molecule has 0 spiro atoms.